The summed E-state index contributed by atoms with van der Waals surface area (Å²) in [4.78, 5) is 4.33. The molecule has 2 rings (SSSR count). The van der Waals surface area contributed by atoms with Crippen molar-refractivity contribution in [1.29, 1.82) is 0 Å². The van der Waals surface area contributed by atoms with E-state index in [0.29, 0.717) is 16.5 Å². The quantitative estimate of drug-likeness (QED) is 0.922. The van der Waals surface area contributed by atoms with Gasteiger partial charge in [-0.3, -0.25) is 4.98 Å². The SMILES string of the molecule is CCNc1ccnc2c(OC)cc(OC)c(Cl)c12. The molecule has 96 valence electrons. The van der Waals surface area contributed by atoms with E-state index in [1.54, 1.807) is 26.5 Å². The van der Waals surface area contributed by atoms with Gasteiger partial charge in [0.2, 0.25) is 0 Å². The predicted molar refractivity (Wildman–Crippen MR) is 74.0 cm³/mol. The summed E-state index contributed by atoms with van der Waals surface area (Å²) in [6.07, 6.45) is 1.73. The van der Waals surface area contributed by atoms with E-state index in [2.05, 4.69) is 10.3 Å². The number of ether oxygens (including phenoxy) is 2. The first-order chi connectivity index (χ1) is 8.72. The average molecular weight is 267 g/mol. The minimum Gasteiger partial charge on any atom is -0.495 e. The molecule has 0 atom stereocenters. The van der Waals surface area contributed by atoms with E-state index >= 15 is 0 Å². The van der Waals surface area contributed by atoms with Crippen molar-refractivity contribution in [2.24, 2.45) is 0 Å². The molecule has 1 N–H and O–H groups in total. The number of anilines is 1. The number of benzene rings is 1. The third kappa shape index (κ3) is 2.04. The molecule has 1 aromatic heterocycles. The van der Waals surface area contributed by atoms with Crippen LogP contribution in [0.1, 0.15) is 6.92 Å². The largest absolute Gasteiger partial charge is 0.495 e. The first kappa shape index (κ1) is 12.8. The highest BCUT2D eigenvalue weighted by Crippen LogP contribution is 2.41. The Morgan fingerprint density at radius 2 is 2.00 bits per heavy atom. The molecule has 0 aliphatic heterocycles. The first-order valence-electron chi connectivity index (χ1n) is 5.66. The summed E-state index contributed by atoms with van der Waals surface area (Å²) in [6.45, 7) is 2.83. The van der Waals surface area contributed by atoms with E-state index in [4.69, 9.17) is 21.1 Å². The molecule has 1 aromatic carbocycles. The minimum absolute atomic E-state index is 0.539. The van der Waals surface area contributed by atoms with Gasteiger partial charge in [0, 0.05) is 29.9 Å². The third-order valence-corrected chi connectivity index (χ3v) is 3.06. The van der Waals surface area contributed by atoms with Crippen LogP contribution in [0.25, 0.3) is 10.9 Å². The standard InChI is InChI=1S/C13H15ClN2O2/c1-4-15-8-5-6-16-13-10(18-3)7-9(17-2)12(14)11(8)13/h5-7H,4H2,1-3H3,(H,15,16). The van der Waals surface area contributed by atoms with Crippen molar-refractivity contribution in [3.05, 3.63) is 23.4 Å². The Morgan fingerprint density at radius 3 is 2.61 bits per heavy atom. The summed E-state index contributed by atoms with van der Waals surface area (Å²) in [5, 5.41) is 4.61. The smallest absolute Gasteiger partial charge is 0.148 e. The highest BCUT2D eigenvalue weighted by Gasteiger charge is 2.15. The fourth-order valence-electron chi connectivity index (χ4n) is 1.89. The summed E-state index contributed by atoms with van der Waals surface area (Å²) in [5.74, 6) is 1.22. The van der Waals surface area contributed by atoms with E-state index in [9.17, 15) is 0 Å². The Bertz CT molecular complexity index is 572. The lowest BCUT2D eigenvalue weighted by Gasteiger charge is -2.14. The van der Waals surface area contributed by atoms with Crippen molar-refractivity contribution in [2.45, 2.75) is 6.92 Å². The van der Waals surface area contributed by atoms with E-state index < -0.39 is 0 Å². The van der Waals surface area contributed by atoms with Crippen LogP contribution in [0.2, 0.25) is 5.02 Å². The number of rotatable bonds is 4. The second kappa shape index (κ2) is 5.31. The number of fused-ring (bicyclic) bond motifs is 1. The Labute approximate surface area is 111 Å². The van der Waals surface area contributed by atoms with Crippen LogP contribution in [0.3, 0.4) is 0 Å². The minimum atomic E-state index is 0.539. The summed E-state index contributed by atoms with van der Waals surface area (Å²) in [6, 6.07) is 3.63. The molecular formula is C13H15ClN2O2. The molecule has 0 bridgehead atoms. The molecule has 0 aliphatic carbocycles. The normalized spacial score (nSPS) is 10.4. The van der Waals surface area contributed by atoms with Crippen molar-refractivity contribution in [1.82, 2.24) is 4.98 Å². The Hall–Kier alpha value is -1.68. The monoisotopic (exact) mass is 266 g/mol. The maximum atomic E-state index is 6.35. The zero-order valence-corrected chi connectivity index (χ0v) is 11.3. The summed E-state index contributed by atoms with van der Waals surface area (Å²) in [7, 11) is 3.18. The lowest BCUT2D eigenvalue weighted by molar-refractivity contribution is 0.397. The van der Waals surface area contributed by atoms with E-state index in [-0.39, 0.29) is 0 Å². The molecule has 18 heavy (non-hydrogen) atoms. The van der Waals surface area contributed by atoms with Gasteiger partial charge in [-0.2, -0.15) is 0 Å². The summed E-state index contributed by atoms with van der Waals surface area (Å²) < 4.78 is 10.6. The van der Waals surface area contributed by atoms with Crippen molar-refractivity contribution in [3.8, 4) is 11.5 Å². The van der Waals surface area contributed by atoms with Gasteiger partial charge in [-0.15, -0.1) is 0 Å². The van der Waals surface area contributed by atoms with E-state index in [1.807, 2.05) is 13.0 Å². The van der Waals surface area contributed by atoms with Gasteiger partial charge in [-0.05, 0) is 13.0 Å². The molecule has 0 saturated carbocycles. The molecule has 0 aliphatic rings. The fourth-order valence-corrected chi connectivity index (χ4v) is 2.21. The predicted octanol–water partition coefficient (Wildman–Crippen LogP) is 3.34. The van der Waals surface area contributed by atoms with Gasteiger partial charge >= 0.3 is 0 Å². The highest BCUT2D eigenvalue weighted by molar-refractivity contribution is 6.38. The van der Waals surface area contributed by atoms with Crippen LogP contribution in [0, 0.1) is 0 Å². The summed E-state index contributed by atoms with van der Waals surface area (Å²) in [5.41, 5.74) is 1.64. The Kier molecular flexibility index (Phi) is 3.77. The second-order valence-electron chi connectivity index (χ2n) is 3.71. The highest BCUT2D eigenvalue weighted by atomic mass is 35.5. The molecule has 0 saturated heterocycles. The lowest BCUT2D eigenvalue weighted by atomic mass is 10.1. The van der Waals surface area contributed by atoms with Gasteiger partial charge in [0.1, 0.15) is 17.0 Å². The van der Waals surface area contributed by atoms with Crippen LogP contribution in [-0.4, -0.2) is 25.7 Å². The van der Waals surface area contributed by atoms with Crippen molar-refractivity contribution >= 4 is 28.2 Å². The van der Waals surface area contributed by atoms with Gasteiger partial charge in [0.25, 0.3) is 0 Å². The molecule has 1 heterocycles. The van der Waals surface area contributed by atoms with Crippen LogP contribution in [0.5, 0.6) is 11.5 Å². The van der Waals surface area contributed by atoms with Crippen LogP contribution >= 0.6 is 11.6 Å². The molecule has 5 heteroatoms. The third-order valence-electron chi connectivity index (χ3n) is 2.69. The first-order valence-corrected chi connectivity index (χ1v) is 6.03. The molecule has 0 unspecified atom stereocenters. The number of halogens is 1. The Balaban J connectivity index is 2.82. The number of hydrogen-bond donors (Lipinski definition) is 1. The molecule has 0 amide bonds. The fraction of sp³-hybridized carbons (Fsp3) is 0.308. The number of hydrogen-bond acceptors (Lipinski definition) is 4. The van der Waals surface area contributed by atoms with Gasteiger partial charge in [0.05, 0.1) is 19.2 Å². The average Bonchev–Trinajstić information content (AvgIpc) is 2.40. The van der Waals surface area contributed by atoms with Gasteiger partial charge < -0.3 is 14.8 Å². The second-order valence-corrected chi connectivity index (χ2v) is 4.09. The molecule has 0 spiro atoms. The number of nitrogens with zero attached hydrogens (tertiary/aromatic N) is 1. The van der Waals surface area contributed by atoms with Crippen LogP contribution < -0.4 is 14.8 Å². The van der Waals surface area contributed by atoms with Gasteiger partial charge in [-0.25, -0.2) is 0 Å². The molecular weight excluding hydrogens is 252 g/mol. The molecule has 4 nitrogen and oxygen atoms in total. The number of methoxy groups -OCH3 is 2. The van der Waals surface area contributed by atoms with Crippen LogP contribution in [-0.2, 0) is 0 Å². The maximum Gasteiger partial charge on any atom is 0.148 e. The molecule has 0 fully saturated rings. The van der Waals surface area contributed by atoms with Crippen molar-refractivity contribution < 1.29 is 9.47 Å². The lowest BCUT2D eigenvalue weighted by Crippen LogP contribution is -2.00. The van der Waals surface area contributed by atoms with E-state index in [0.717, 1.165) is 23.1 Å². The maximum absolute atomic E-state index is 6.35. The molecule has 0 radical (unpaired) electrons. The number of aromatic nitrogens is 1. The van der Waals surface area contributed by atoms with Crippen molar-refractivity contribution in [2.75, 3.05) is 26.1 Å². The zero-order chi connectivity index (χ0) is 13.1. The van der Waals surface area contributed by atoms with Gasteiger partial charge in [-0.1, -0.05) is 11.6 Å². The number of nitrogens with one attached hydrogen (secondary N) is 1. The van der Waals surface area contributed by atoms with Crippen LogP contribution in [0.15, 0.2) is 18.3 Å². The van der Waals surface area contributed by atoms with Crippen molar-refractivity contribution in [3.63, 3.8) is 0 Å². The topological polar surface area (TPSA) is 43.4 Å². The summed E-state index contributed by atoms with van der Waals surface area (Å²) >= 11 is 6.35. The van der Waals surface area contributed by atoms with E-state index in [1.165, 1.54) is 0 Å². The number of pyridine rings is 1. The van der Waals surface area contributed by atoms with Gasteiger partial charge in [0.15, 0.2) is 0 Å². The zero-order valence-electron chi connectivity index (χ0n) is 10.6. The molecule has 2 aromatic rings. The Morgan fingerprint density at radius 1 is 1.28 bits per heavy atom. The van der Waals surface area contributed by atoms with Crippen LogP contribution in [0.4, 0.5) is 5.69 Å².